The van der Waals surface area contributed by atoms with E-state index >= 15 is 0 Å². The first-order chi connectivity index (χ1) is 7.83. The van der Waals surface area contributed by atoms with Gasteiger partial charge >= 0.3 is 0 Å². The lowest BCUT2D eigenvalue weighted by molar-refractivity contribution is 0.282. The first-order valence-corrected chi connectivity index (χ1v) is 6.01. The van der Waals surface area contributed by atoms with E-state index < -0.39 is 0 Å². The van der Waals surface area contributed by atoms with Crippen LogP contribution >= 0.6 is 0 Å². The largest absolute Gasteiger partial charge is 0.396 e. The summed E-state index contributed by atoms with van der Waals surface area (Å²) in [5.74, 6) is 0. The molecular formula is C13H20N2O. The molecule has 0 bridgehead atoms. The Labute approximate surface area is 96.7 Å². The van der Waals surface area contributed by atoms with Crippen LogP contribution in [0.1, 0.15) is 42.5 Å². The number of hydrogen-bond donors (Lipinski definition) is 3. The van der Waals surface area contributed by atoms with E-state index in [-0.39, 0.29) is 12.6 Å². The lowest BCUT2D eigenvalue weighted by Crippen LogP contribution is -2.21. The van der Waals surface area contributed by atoms with E-state index in [2.05, 4.69) is 23.5 Å². The van der Waals surface area contributed by atoms with Crippen LogP contribution in [-0.2, 0) is 0 Å². The molecule has 16 heavy (non-hydrogen) atoms. The summed E-state index contributed by atoms with van der Waals surface area (Å²) in [4.78, 5) is 0. The number of nitrogens with one attached hydrogen (secondary N) is 1. The molecule has 0 radical (unpaired) electrons. The second-order valence-electron chi connectivity index (χ2n) is 4.41. The maximum Gasteiger partial charge on any atom is 0.0431 e. The van der Waals surface area contributed by atoms with E-state index in [9.17, 15) is 0 Å². The maximum atomic E-state index is 8.71. The van der Waals surface area contributed by atoms with Gasteiger partial charge in [0.25, 0.3) is 0 Å². The molecule has 0 spiro atoms. The van der Waals surface area contributed by atoms with Gasteiger partial charge in [-0.2, -0.15) is 0 Å². The van der Waals surface area contributed by atoms with Crippen molar-refractivity contribution in [2.75, 3.05) is 13.2 Å². The van der Waals surface area contributed by atoms with Gasteiger partial charge in [0.05, 0.1) is 0 Å². The lowest BCUT2D eigenvalue weighted by Gasteiger charge is -2.13. The van der Waals surface area contributed by atoms with E-state index in [0.29, 0.717) is 6.04 Å². The van der Waals surface area contributed by atoms with Crippen molar-refractivity contribution in [2.45, 2.75) is 31.3 Å². The number of unbranched alkanes of at least 4 members (excludes halogenated alkanes) is 1. The zero-order valence-electron chi connectivity index (χ0n) is 9.52. The SMILES string of the molecule is NC1CC(NCCCCO)c2ccccc21. The third kappa shape index (κ3) is 2.43. The highest BCUT2D eigenvalue weighted by Gasteiger charge is 2.27. The molecule has 88 valence electrons. The summed E-state index contributed by atoms with van der Waals surface area (Å²) in [5.41, 5.74) is 8.71. The molecular weight excluding hydrogens is 200 g/mol. The first kappa shape index (κ1) is 11.6. The number of aliphatic hydroxyl groups is 1. The molecule has 1 aromatic carbocycles. The topological polar surface area (TPSA) is 58.3 Å². The predicted octanol–water partition coefficient (Wildman–Crippen LogP) is 1.49. The highest BCUT2D eigenvalue weighted by atomic mass is 16.2. The highest BCUT2D eigenvalue weighted by Crippen LogP contribution is 2.36. The molecule has 3 heteroatoms. The molecule has 1 aliphatic rings. The molecule has 4 N–H and O–H groups in total. The molecule has 1 aliphatic carbocycles. The van der Waals surface area contributed by atoms with Gasteiger partial charge in [-0.15, -0.1) is 0 Å². The number of aliphatic hydroxyl groups excluding tert-OH is 1. The Morgan fingerprint density at radius 3 is 2.75 bits per heavy atom. The number of rotatable bonds is 5. The third-order valence-electron chi connectivity index (χ3n) is 3.24. The van der Waals surface area contributed by atoms with Crippen LogP contribution in [0.3, 0.4) is 0 Å². The molecule has 1 aromatic rings. The van der Waals surface area contributed by atoms with Crippen LogP contribution in [0.15, 0.2) is 24.3 Å². The molecule has 3 nitrogen and oxygen atoms in total. The number of benzene rings is 1. The summed E-state index contributed by atoms with van der Waals surface area (Å²) in [6, 6.07) is 8.96. The second-order valence-corrected chi connectivity index (χ2v) is 4.41. The minimum atomic E-state index is 0.173. The normalized spacial score (nSPS) is 23.4. The molecule has 0 aliphatic heterocycles. The van der Waals surface area contributed by atoms with Crippen molar-refractivity contribution >= 4 is 0 Å². The molecule has 0 fully saturated rings. The Morgan fingerprint density at radius 2 is 2.00 bits per heavy atom. The van der Waals surface area contributed by atoms with E-state index in [1.807, 2.05) is 6.07 Å². The van der Waals surface area contributed by atoms with Crippen molar-refractivity contribution in [1.29, 1.82) is 0 Å². The van der Waals surface area contributed by atoms with Crippen LogP contribution in [-0.4, -0.2) is 18.3 Å². The number of nitrogens with two attached hydrogens (primary N) is 1. The van der Waals surface area contributed by atoms with Crippen molar-refractivity contribution in [3.63, 3.8) is 0 Å². The van der Waals surface area contributed by atoms with Gasteiger partial charge in [-0.1, -0.05) is 24.3 Å². The van der Waals surface area contributed by atoms with Crippen molar-refractivity contribution < 1.29 is 5.11 Å². The monoisotopic (exact) mass is 220 g/mol. The molecule has 2 rings (SSSR count). The Balaban J connectivity index is 1.93. The van der Waals surface area contributed by atoms with Crippen molar-refractivity contribution in [1.82, 2.24) is 5.32 Å². The van der Waals surface area contributed by atoms with Crippen LogP contribution in [0, 0.1) is 0 Å². The lowest BCUT2D eigenvalue weighted by atomic mass is 10.1. The van der Waals surface area contributed by atoms with E-state index in [0.717, 1.165) is 25.8 Å². The molecule has 2 atom stereocenters. The van der Waals surface area contributed by atoms with Gasteiger partial charge in [0.2, 0.25) is 0 Å². The molecule has 0 heterocycles. The Hall–Kier alpha value is -0.900. The zero-order valence-corrected chi connectivity index (χ0v) is 9.52. The molecule has 0 amide bonds. The van der Waals surface area contributed by atoms with Crippen LogP contribution in [0.25, 0.3) is 0 Å². The van der Waals surface area contributed by atoms with Crippen molar-refractivity contribution in [3.8, 4) is 0 Å². The van der Waals surface area contributed by atoms with Gasteiger partial charge in [0.15, 0.2) is 0 Å². The van der Waals surface area contributed by atoms with Gasteiger partial charge in [-0.05, 0) is 36.9 Å². The summed E-state index contributed by atoms with van der Waals surface area (Å²) in [7, 11) is 0. The average Bonchev–Trinajstić information content (AvgIpc) is 2.63. The zero-order chi connectivity index (χ0) is 11.4. The summed E-state index contributed by atoms with van der Waals surface area (Å²) in [5, 5.41) is 12.2. The van der Waals surface area contributed by atoms with Crippen molar-refractivity contribution in [2.24, 2.45) is 5.73 Å². The van der Waals surface area contributed by atoms with Crippen LogP contribution < -0.4 is 11.1 Å². The smallest absolute Gasteiger partial charge is 0.0431 e. The Bertz CT molecular complexity index is 340. The minimum Gasteiger partial charge on any atom is -0.396 e. The minimum absolute atomic E-state index is 0.173. The van der Waals surface area contributed by atoms with Crippen LogP contribution in [0.2, 0.25) is 0 Å². The van der Waals surface area contributed by atoms with E-state index in [1.54, 1.807) is 0 Å². The van der Waals surface area contributed by atoms with Gasteiger partial charge in [0.1, 0.15) is 0 Å². The number of hydrogen-bond acceptors (Lipinski definition) is 3. The fourth-order valence-electron chi connectivity index (χ4n) is 2.38. The first-order valence-electron chi connectivity index (χ1n) is 6.01. The Morgan fingerprint density at radius 1 is 1.25 bits per heavy atom. The molecule has 0 aromatic heterocycles. The Kier molecular flexibility index (Phi) is 3.93. The van der Waals surface area contributed by atoms with Crippen LogP contribution in [0.4, 0.5) is 0 Å². The van der Waals surface area contributed by atoms with E-state index in [1.165, 1.54) is 11.1 Å². The number of fused-ring (bicyclic) bond motifs is 1. The highest BCUT2D eigenvalue weighted by molar-refractivity contribution is 5.37. The third-order valence-corrected chi connectivity index (χ3v) is 3.24. The predicted molar refractivity (Wildman–Crippen MR) is 65.1 cm³/mol. The average molecular weight is 220 g/mol. The van der Waals surface area contributed by atoms with E-state index in [4.69, 9.17) is 10.8 Å². The fourth-order valence-corrected chi connectivity index (χ4v) is 2.38. The molecule has 0 saturated heterocycles. The van der Waals surface area contributed by atoms with Gasteiger partial charge in [-0.3, -0.25) is 0 Å². The van der Waals surface area contributed by atoms with Crippen molar-refractivity contribution in [3.05, 3.63) is 35.4 Å². The molecule has 2 unspecified atom stereocenters. The summed E-state index contributed by atoms with van der Waals surface area (Å²) in [6.45, 7) is 1.23. The quantitative estimate of drug-likeness (QED) is 0.659. The van der Waals surface area contributed by atoms with Gasteiger partial charge < -0.3 is 16.2 Å². The summed E-state index contributed by atoms with van der Waals surface area (Å²) < 4.78 is 0. The standard InChI is InChI=1S/C13H20N2O/c14-12-9-13(15-7-3-4-8-16)11-6-2-1-5-10(11)12/h1-2,5-6,12-13,15-16H,3-4,7-9,14H2. The summed E-state index contributed by atoms with van der Waals surface area (Å²) in [6.07, 6.45) is 2.87. The van der Waals surface area contributed by atoms with Crippen LogP contribution in [0.5, 0.6) is 0 Å². The van der Waals surface area contributed by atoms with Gasteiger partial charge in [0, 0.05) is 18.7 Å². The second kappa shape index (κ2) is 5.43. The molecule has 0 saturated carbocycles. The van der Waals surface area contributed by atoms with Gasteiger partial charge in [-0.25, -0.2) is 0 Å². The summed E-state index contributed by atoms with van der Waals surface area (Å²) >= 11 is 0. The maximum absolute atomic E-state index is 8.71. The fraction of sp³-hybridized carbons (Fsp3) is 0.538.